The van der Waals surface area contributed by atoms with Crippen molar-refractivity contribution in [3.05, 3.63) is 24.3 Å². The second-order valence-corrected chi connectivity index (χ2v) is 4.52. The van der Waals surface area contributed by atoms with Crippen LogP contribution in [0.15, 0.2) is 29.3 Å². The lowest BCUT2D eigenvalue weighted by atomic mass is 10.2. The van der Waals surface area contributed by atoms with Crippen LogP contribution in [0.2, 0.25) is 0 Å². The molecule has 0 amide bonds. The maximum atomic E-state index is 12.0. The number of halogens is 3. The third-order valence-electron chi connectivity index (χ3n) is 2.65. The number of benzene rings is 1. The molecular weight excluding hydrogens is 299 g/mol. The molecule has 0 unspecified atom stereocenters. The molecule has 3 N–H and O–H groups in total. The molecule has 0 spiro atoms. The first-order valence-electron chi connectivity index (χ1n) is 6.82. The largest absolute Gasteiger partial charge is 0.573 e. The van der Waals surface area contributed by atoms with Gasteiger partial charge in [0.25, 0.3) is 0 Å². The maximum Gasteiger partial charge on any atom is 0.573 e. The highest BCUT2D eigenvalue weighted by molar-refractivity contribution is 5.92. The van der Waals surface area contributed by atoms with Gasteiger partial charge in [-0.2, -0.15) is 0 Å². The third kappa shape index (κ3) is 8.35. The molecule has 0 radical (unpaired) electrons. The van der Waals surface area contributed by atoms with Gasteiger partial charge in [0.15, 0.2) is 5.96 Å². The van der Waals surface area contributed by atoms with E-state index in [-0.39, 0.29) is 11.7 Å². The van der Waals surface area contributed by atoms with Crippen LogP contribution in [0.4, 0.5) is 18.9 Å². The van der Waals surface area contributed by atoms with Crippen LogP contribution >= 0.6 is 0 Å². The van der Waals surface area contributed by atoms with Crippen molar-refractivity contribution in [3.8, 4) is 5.75 Å². The first-order valence-corrected chi connectivity index (χ1v) is 6.82. The SMILES string of the molecule is COCCCCCN=C(N)Nc1ccc(OC(F)(F)F)cc1. The van der Waals surface area contributed by atoms with E-state index >= 15 is 0 Å². The third-order valence-corrected chi connectivity index (χ3v) is 2.65. The molecule has 0 heterocycles. The molecule has 0 bridgehead atoms. The molecule has 1 rings (SSSR count). The minimum Gasteiger partial charge on any atom is -0.406 e. The van der Waals surface area contributed by atoms with Crippen molar-refractivity contribution in [2.75, 3.05) is 25.6 Å². The van der Waals surface area contributed by atoms with E-state index in [1.54, 1.807) is 7.11 Å². The number of hydrogen-bond donors (Lipinski definition) is 2. The number of alkyl halides is 3. The lowest BCUT2D eigenvalue weighted by Crippen LogP contribution is -2.23. The average Bonchev–Trinajstić information content (AvgIpc) is 2.43. The Balaban J connectivity index is 2.36. The van der Waals surface area contributed by atoms with Crippen LogP contribution in [0, 0.1) is 0 Å². The molecule has 1 aromatic carbocycles. The van der Waals surface area contributed by atoms with Crippen molar-refractivity contribution < 1.29 is 22.6 Å². The van der Waals surface area contributed by atoms with E-state index in [4.69, 9.17) is 10.5 Å². The summed E-state index contributed by atoms with van der Waals surface area (Å²) in [6.07, 6.45) is -1.84. The van der Waals surface area contributed by atoms with Gasteiger partial charge >= 0.3 is 6.36 Å². The summed E-state index contributed by atoms with van der Waals surface area (Å²) in [5.41, 5.74) is 6.23. The van der Waals surface area contributed by atoms with Gasteiger partial charge in [0.1, 0.15) is 5.75 Å². The van der Waals surface area contributed by atoms with Crippen LogP contribution in [0.5, 0.6) is 5.75 Å². The Kier molecular flexibility index (Phi) is 7.51. The van der Waals surface area contributed by atoms with Crippen LogP contribution < -0.4 is 15.8 Å². The Bertz CT molecular complexity index is 461. The number of ether oxygens (including phenoxy) is 2. The van der Waals surface area contributed by atoms with Gasteiger partial charge in [0.2, 0.25) is 0 Å². The number of nitrogens with zero attached hydrogens (tertiary/aromatic N) is 1. The predicted molar refractivity (Wildman–Crippen MR) is 79.0 cm³/mol. The number of hydrogen-bond acceptors (Lipinski definition) is 3. The molecule has 0 aliphatic heterocycles. The summed E-state index contributed by atoms with van der Waals surface area (Å²) in [5, 5.41) is 2.80. The summed E-state index contributed by atoms with van der Waals surface area (Å²) in [7, 11) is 1.66. The van der Waals surface area contributed by atoms with Crippen molar-refractivity contribution in [2.24, 2.45) is 10.7 Å². The first-order chi connectivity index (χ1) is 10.4. The summed E-state index contributed by atoms with van der Waals surface area (Å²) in [6, 6.07) is 5.27. The molecule has 5 nitrogen and oxygen atoms in total. The fourth-order valence-electron chi connectivity index (χ4n) is 1.66. The van der Waals surface area contributed by atoms with Crippen LogP contribution in [0.1, 0.15) is 19.3 Å². The molecule has 0 aromatic heterocycles. The quantitative estimate of drug-likeness (QED) is 0.439. The van der Waals surface area contributed by atoms with E-state index in [1.165, 1.54) is 24.3 Å². The number of methoxy groups -OCH3 is 1. The van der Waals surface area contributed by atoms with Crippen molar-refractivity contribution in [1.82, 2.24) is 0 Å². The van der Waals surface area contributed by atoms with Gasteiger partial charge in [0.05, 0.1) is 0 Å². The summed E-state index contributed by atoms with van der Waals surface area (Å²) in [5.74, 6) is -0.0667. The van der Waals surface area contributed by atoms with Crippen LogP contribution in [-0.2, 0) is 4.74 Å². The lowest BCUT2D eigenvalue weighted by Gasteiger charge is -2.10. The molecule has 1 aromatic rings. The summed E-state index contributed by atoms with van der Waals surface area (Å²) >= 11 is 0. The van der Waals surface area contributed by atoms with E-state index in [9.17, 15) is 13.2 Å². The Hall–Kier alpha value is -1.96. The van der Waals surface area contributed by atoms with Crippen molar-refractivity contribution >= 4 is 11.6 Å². The number of nitrogens with two attached hydrogens (primary N) is 1. The van der Waals surface area contributed by atoms with Crippen molar-refractivity contribution in [2.45, 2.75) is 25.6 Å². The minimum atomic E-state index is -4.70. The molecule has 0 saturated carbocycles. The molecule has 124 valence electrons. The smallest absolute Gasteiger partial charge is 0.406 e. The average molecular weight is 319 g/mol. The molecule has 22 heavy (non-hydrogen) atoms. The van der Waals surface area contributed by atoms with Gasteiger partial charge < -0.3 is 20.5 Å². The number of aliphatic imine (C=N–C) groups is 1. The van der Waals surface area contributed by atoms with Gasteiger partial charge in [0, 0.05) is 25.9 Å². The van der Waals surface area contributed by atoms with Crippen molar-refractivity contribution in [1.29, 1.82) is 0 Å². The van der Waals surface area contributed by atoms with E-state index in [2.05, 4.69) is 15.0 Å². The number of rotatable bonds is 8. The standard InChI is InChI=1S/C14H20F3N3O2/c1-21-10-4-2-3-9-19-13(18)20-11-5-7-12(8-6-11)22-14(15,16)17/h5-8H,2-4,9-10H2,1H3,(H3,18,19,20). The van der Waals surface area contributed by atoms with Gasteiger partial charge in [-0.15, -0.1) is 13.2 Å². The van der Waals surface area contributed by atoms with E-state index in [1.807, 2.05) is 0 Å². The fourth-order valence-corrected chi connectivity index (χ4v) is 1.66. The Morgan fingerprint density at radius 1 is 1.18 bits per heavy atom. The predicted octanol–water partition coefficient (Wildman–Crippen LogP) is 3.13. The molecular formula is C14H20F3N3O2. The summed E-state index contributed by atoms with van der Waals surface area (Å²) in [4.78, 5) is 4.13. The lowest BCUT2D eigenvalue weighted by molar-refractivity contribution is -0.274. The second kappa shape index (κ2) is 9.14. The van der Waals surface area contributed by atoms with Crippen LogP contribution in [0.3, 0.4) is 0 Å². The highest BCUT2D eigenvalue weighted by atomic mass is 19.4. The highest BCUT2D eigenvalue weighted by Gasteiger charge is 2.30. The Labute approximate surface area is 127 Å². The Morgan fingerprint density at radius 3 is 2.45 bits per heavy atom. The Morgan fingerprint density at radius 2 is 1.86 bits per heavy atom. The molecule has 0 saturated heterocycles. The van der Waals surface area contributed by atoms with E-state index in [0.29, 0.717) is 12.2 Å². The zero-order chi connectivity index (χ0) is 16.4. The molecule has 0 atom stereocenters. The van der Waals surface area contributed by atoms with Gasteiger partial charge in [-0.25, -0.2) is 0 Å². The summed E-state index contributed by atoms with van der Waals surface area (Å²) in [6.45, 7) is 1.31. The topological polar surface area (TPSA) is 68.9 Å². The molecule has 0 aliphatic rings. The van der Waals surface area contributed by atoms with Crippen LogP contribution in [-0.4, -0.2) is 32.6 Å². The fraction of sp³-hybridized carbons (Fsp3) is 0.500. The number of unbranched alkanes of at least 4 members (excludes halogenated alkanes) is 2. The molecule has 0 fully saturated rings. The van der Waals surface area contributed by atoms with Gasteiger partial charge in [-0.3, -0.25) is 4.99 Å². The van der Waals surface area contributed by atoms with Crippen LogP contribution in [0.25, 0.3) is 0 Å². The number of guanidine groups is 1. The highest BCUT2D eigenvalue weighted by Crippen LogP contribution is 2.23. The number of anilines is 1. The molecule has 0 aliphatic carbocycles. The normalized spacial score (nSPS) is 12.3. The van der Waals surface area contributed by atoms with E-state index < -0.39 is 6.36 Å². The zero-order valence-corrected chi connectivity index (χ0v) is 12.3. The maximum absolute atomic E-state index is 12.0. The van der Waals surface area contributed by atoms with Gasteiger partial charge in [-0.1, -0.05) is 0 Å². The zero-order valence-electron chi connectivity index (χ0n) is 12.3. The monoisotopic (exact) mass is 319 g/mol. The second-order valence-electron chi connectivity index (χ2n) is 4.52. The summed E-state index contributed by atoms with van der Waals surface area (Å²) < 4.78 is 44.8. The first kappa shape index (κ1) is 18.1. The molecule has 8 heteroatoms. The van der Waals surface area contributed by atoms with Gasteiger partial charge in [-0.05, 0) is 43.5 Å². The van der Waals surface area contributed by atoms with E-state index in [0.717, 1.165) is 25.9 Å². The number of nitrogens with one attached hydrogen (secondary N) is 1. The van der Waals surface area contributed by atoms with Crippen molar-refractivity contribution in [3.63, 3.8) is 0 Å². The minimum absolute atomic E-state index is 0.219.